The van der Waals surface area contributed by atoms with E-state index in [9.17, 15) is 13.6 Å². The van der Waals surface area contributed by atoms with Crippen LogP contribution in [0.5, 0.6) is 0 Å². The summed E-state index contributed by atoms with van der Waals surface area (Å²) in [6, 6.07) is 5.83. The molecule has 1 unspecified atom stereocenters. The summed E-state index contributed by atoms with van der Waals surface area (Å²) in [5.41, 5.74) is 0.0173. The Labute approximate surface area is 136 Å². The second-order valence-corrected chi connectivity index (χ2v) is 5.05. The van der Waals surface area contributed by atoms with E-state index in [1.54, 1.807) is 12.1 Å². The fraction of sp³-hybridized carbons (Fsp3) is 0.125. The van der Waals surface area contributed by atoms with Crippen molar-refractivity contribution >= 4 is 5.91 Å². The van der Waals surface area contributed by atoms with Crippen molar-refractivity contribution in [2.75, 3.05) is 0 Å². The Morgan fingerprint density at radius 1 is 1.21 bits per heavy atom. The van der Waals surface area contributed by atoms with Gasteiger partial charge in [-0.15, -0.1) is 0 Å². The highest BCUT2D eigenvalue weighted by Gasteiger charge is 2.21. The third-order valence-corrected chi connectivity index (χ3v) is 3.45. The Morgan fingerprint density at radius 3 is 2.62 bits per heavy atom. The molecule has 1 N–H and O–H groups in total. The van der Waals surface area contributed by atoms with E-state index in [0.717, 1.165) is 12.1 Å². The summed E-state index contributed by atoms with van der Waals surface area (Å²) in [5, 5.41) is 6.51. The lowest BCUT2D eigenvalue weighted by Crippen LogP contribution is -2.29. The molecule has 0 spiro atoms. The summed E-state index contributed by atoms with van der Waals surface area (Å²) in [6.45, 7) is 1.50. The topological polar surface area (TPSA) is 72.7 Å². The van der Waals surface area contributed by atoms with Crippen molar-refractivity contribution in [2.45, 2.75) is 13.0 Å². The third kappa shape index (κ3) is 2.98. The average Bonchev–Trinajstić information content (AvgIpc) is 3.09. The van der Waals surface area contributed by atoms with Crippen molar-refractivity contribution in [1.82, 2.24) is 25.1 Å². The molecule has 0 aliphatic carbocycles. The monoisotopic (exact) mass is 329 g/mol. The minimum Gasteiger partial charge on any atom is -0.345 e. The van der Waals surface area contributed by atoms with E-state index in [0.29, 0.717) is 0 Å². The van der Waals surface area contributed by atoms with Crippen LogP contribution in [0, 0.1) is 11.6 Å². The number of hydrogen-bond donors (Lipinski definition) is 1. The molecular formula is C16H13F2N5O. The first-order valence-corrected chi connectivity index (χ1v) is 7.12. The van der Waals surface area contributed by atoms with E-state index in [1.807, 2.05) is 0 Å². The number of halogens is 2. The first-order valence-electron chi connectivity index (χ1n) is 7.12. The number of pyridine rings is 1. The van der Waals surface area contributed by atoms with E-state index in [4.69, 9.17) is 0 Å². The van der Waals surface area contributed by atoms with Crippen molar-refractivity contribution in [3.8, 4) is 5.82 Å². The highest BCUT2D eigenvalue weighted by atomic mass is 19.1. The first kappa shape index (κ1) is 15.7. The molecule has 2 heterocycles. The standard InChI is InChI=1S/C16H13F2N5O/c1-10(14-12(17)5-2-6-13(14)18)22-16(24)11-4-3-7-20-15(11)23-9-19-8-21-23/h2-10H,1H3,(H,22,24). The Morgan fingerprint density at radius 2 is 1.96 bits per heavy atom. The van der Waals surface area contributed by atoms with Crippen LogP contribution in [0.4, 0.5) is 8.78 Å². The van der Waals surface area contributed by atoms with Gasteiger partial charge in [0.15, 0.2) is 5.82 Å². The smallest absolute Gasteiger partial charge is 0.255 e. The third-order valence-electron chi connectivity index (χ3n) is 3.45. The van der Waals surface area contributed by atoms with Gasteiger partial charge in [-0.25, -0.2) is 23.4 Å². The number of carbonyl (C=O) groups is 1. The molecular weight excluding hydrogens is 316 g/mol. The van der Waals surface area contributed by atoms with Gasteiger partial charge in [0.05, 0.1) is 11.6 Å². The zero-order valence-electron chi connectivity index (χ0n) is 12.6. The van der Waals surface area contributed by atoms with Gasteiger partial charge in [0, 0.05) is 11.8 Å². The number of benzene rings is 1. The summed E-state index contributed by atoms with van der Waals surface area (Å²) in [4.78, 5) is 20.4. The molecule has 1 atom stereocenters. The number of hydrogen-bond acceptors (Lipinski definition) is 4. The molecule has 8 heteroatoms. The Bertz CT molecular complexity index is 846. The number of nitrogens with one attached hydrogen (secondary N) is 1. The molecule has 0 bridgehead atoms. The summed E-state index contributed by atoms with van der Waals surface area (Å²) in [6.07, 6.45) is 4.22. The number of aromatic nitrogens is 4. The van der Waals surface area contributed by atoms with Crippen LogP contribution in [0.3, 0.4) is 0 Å². The number of amides is 1. The summed E-state index contributed by atoms with van der Waals surface area (Å²) in [7, 11) is 0. The lowest BCUT2D eigenvalue weighted by Gasteiger charge is -2.16. The van der Waals surface area contributed by atoms with Gasteiger partial charge in [-0.3, -0.25) is 4.79 Å². The van der Waals surface area contributed by atoms with Crippen LogP contribution in [0.25, 0.3) is 5.82 Å². The van der Waals surface area contributed by atoms with Crippen molar-refractivity contribution in [2.24, 2.45) is 0 Å². The SMILES string of the molecule is CC(NC(=O)c1cccnc1-n1cncn1)c1c(F)cccc1F. The second-order valence-electron chi connectivity index (χ2n) is 5.05. The molecule has 3 rings (SSSR count). The predicted molar refractivity (Wildman–Crippen MR) is 81.4 cm³/mol. The van der Waals surface area contributed by atoms with Crippen molar-refractivity contribution in [3.05, 3.63) is 71.9 Å². The number of nitrogens with zero attached hydrogens (tertiary/aromatic N) is 4. The molecule has 0 saturated carbocycles. The Kier molecular flexibility index (Phi) is 4.28. The molecule has 1 amide bonds. The quantitative estimate of drug-likeness (QED) is 0.798. The lowest BCUT2D eigenvalue weighted by molar-refractivity contribution is 0.0938. The molecule has 0 fully saturated rings. The van der Waals surface area contributed by atoms with E-state index < -0.39 is 23.6 Å². The van der Waals surface area contributed by atoms with Gasteiger partial charge in [0.1, 0.15) is 24.3 Å². The highest BCUT2D eigenvalue weighted by molar-refractivity contribution is 5.97. The van der Waals surface area contributed by atoms with Gasteiger partial charge < -0.3 is 5.32 Å². The molecule has 1 aromatic carbocycles. The maximum atomic E-state index is 13.8. The van der Waals surface area contributed by atoms with E-state index in [2.05, 4.69) is 20.4 Å². The molecule has 0 aliphatic heterocycles. The van der Waals surface area contributed by atoms with E-state index in [-0.39, 0.29) is 16.9 Å². The molecule has 0 aliphatic rings. The summed E-state index contributed by atoms with van der Waals surface area (Å²) < 4.78 is 29.0. The highest BCUT2D eigenvalue weighted by Crippen LogP contribution is 2.21. The number of carbonyl (C=O) groups excluding carboxylic acids is 1. The molecule has 3 aromatic rings. The van der Waals surface area contributed by atoms with E-state index in [1.165, 1.54) is 36.5 Å². The van der Waals surface area contributed by atoms with Gasteiger partial charge in [-0.2, -0.15) is 5.10 Å². The van der Waals surface area contributed by atoms with Crippen LogP contribution in [-0.2, 0) is 0 Å². The van der Waals surface area contributed by atoms with Crippen LogP contribution in [0.15, 0.2) is 49.2 Å². The maximum absolute atomic E-state index is 13.8. The Hall–Kier alpha value is -3.16. The maximum Gasteiger partial charge on any atom is 0.255 e. The predicted octanol–water partition coefficient (Wildman–Crippen LogP) is 2.43. The van der Waals surface area contributed by atoms with E-state index >= 15 is 0 Å². The Balaban J connectivity index is 1.89. The fourth-order valence-electron chi connectivity index (χ4n) is 2.35. The van der Waals surface area contributed by atoms with Gasteiger partial charge in [-0.05, 0) is 31.2 Å². The minimum absolute atomic E-state index is 0.197. The first-order chi connectivity index (χ1) is 11.6. The second kappa shape index (κ2) is 6.53. The summed E-state index contributed by atoms with van der Waals surface area (Å²) in [5.74, 6) is -1.69. The molecule has 122 valence electrons. The van der Waals surface area contributed by atoms with Crippen LogP contribution >= 0.6 is 0 Å². The van der Waals surface area contributed by atoms with Crippen LogP contribution < -0.4 is 5.32 Å². The minimum atomic E-state index is -0.859. The van der Waals surface area contributed by atoms with Crippen LogP contribution in [0.1, 0.15) is 28.9 Å². The van der Waals surface area contributed by atoms with Crippen molar-refractivity contribution < 1.29 is 13.6 Å². The zero-order chi connectivity index (χ0) is 17.1. The molecule has 24 heavy (non-hydrogen) atoms. The van der Waals surface area contributed by atoms with Gasteiger partial charge in [0.25, 0.3) is 5.91 Å². The fourth-order valence-corrected chi connectivity index (χ4v) is 2.35. The molecule has 0 saturated heterocycles. The van der Waals surface area contributed by atoms with Crippen LogP contribution in [0.2, 0.25) is 0 Å². The van der Waals surface area contributed by atoms with Gasteiger partial charge in [0.2, 0.25) is 0 Å². The average molecular weight is 329 g/mol. The molecule has 2 aromatic heterocycles. The molecule has 6 nitrogen and oxygen atoms in total. The largest absolute Gasteiger partial charge is 0.345 e. The van der Waals surface area contributed by atoms with Crippen molar-refractivity contribution in [3.63, 3.8) is 0 Å². The van der Waals surface area contributed by atoms with Gasteiger partial charge >= 0.3 is 0 Å². The zero-order valence-corrected chi connectivity index (χ0v) is 12.6. The number of rotatable bonds is 4. The molecule has 0 radical (unpaired) electrons. The van der Waals surface area contributed by atoms with Gasteiger partial charge in [-0.1, -0.05) is 6.07 Å². The van der Waals surface area contributed by atoms with Crippen molar-refractivity contribution in [1.29, 1.82) is 0 Å². The summed E-state index contributed by atoms with van der Waals surface area (Å²) >= 11 is 0. The van der Waals surface area contributed by atoms with Crippen LogP contribution in [-0.4, -0.2) is 25.7 Å². The lowest BCUT2D eigenvalue weighted by atomic mass is 10.1. The normalized spacial score (nSPS) is 12.0.